The largest absolute Gasteiger partial charge is 0.421 e. The van der Waals surface area contributed by atoms with E-state index in [1.165, 1.54) is 0 Å². The fourth-order valence-corrected chi connectivity index (χ4v) is 3.40. The molecular weight excluding hydrogens is 409 g/mol. The summed E-state index contributed by atoms with van der Waals surface area (Å²) in [4.78, 5) is 21.5. The van der Waals surface area contributed by atoms with Crippen LogP contribution in [0.25, 0.3) is 0 Å². The lowest BCUT2D eigenvalue weighted by molar-refractivity contribution is -0.137. The highest BCUT2D eigenvalue weighted by Crippen LogP contribution is 2.34. The summed E-state index contributed by atoms with van der Waals surface area (Å²) in [6, 6.07) is 5.80. The van der Waals surface area contributed by atoms with Gasteiger partial charge in [0.15, 0.2) is 0 Å². The van der Waals surface area contributed by atoms with Crippen LogP contribution in [0.5, 0.6) is 0 Å². The van der Waals surface area contributed by atoms with Crippen LogP contribution in [0.4, 0.5) is 30.6 Å². The number of piperazine rings is 1. The van der Waals surface area contributed by atoms with Crippen LogP contribution in [-0.4, -0.2) is 53.5 Å². The summed E-state index contributed by atoms with van der Waals surface area (Å²) >= 11 is 0. The molecule has 1 amide bonds. The Hall–Kier alpha value is -2.88. The highest BCUT2D eigenvalue weighted by Gasteiger charge is 2.35. The van der Waals surface area contributed by atoms with E-state index in [-0.39, 0.29) is 24.2 Å². The lowest BCUT2D eigenvalue weighted by Crippen LogP contribution is -2.48. The number of rotatable bonds is 8. The Balaban J connectivity index is 1.71. The van der Waals surface area contributed by atoms with Crippen molar-refractivity contribution in [2.75, 3.05) is 43.4 Å². The molecule has 1 aliphatic heterocycles. The molecule has 3 N–H and O–H groups in total. The quantitative estimate of drug-likeness (QED) is 0.551. The molecule has 0 bridgehead atoms. The van der Waals surface area contributed by atoms with Gasteiger partial charge in [-0.1, -0.05) is 24.6 Å². The first-order valence-corrected chi connectivity index (χ1v) is 10.3. The molecule has 31 heavy (non-hydrogen) atoms. The predicted molar refractivity (Wildman–Crippen MR) is 113 cm³/mol. The molecule has 1 aliphatic rings. The van der Waals surface area contributed by atoms with Crippen molar-refractivity contribution in [1.82, 2.24) is 20.2 Å². The fourth-order valence-electron chi connectivity index (χ4n) is 3.40. The van der Waals surface area contributed by atoms with Gasteiger partial charge in [-0.15, -0.1) is 0 Å². The van der Waals surface area contributed by atoms with E-state index in [1.807, 2.05) is 32.0 Å². The van der Waals surface area contributed by atoms with Crippen LogP contribution in [0.1, 0.15) is 30.0 Å². The molecule has 168 valence electrons. The topological polar surface area (TPSA) is 82.2 Å². The van der Waals surface area contributed by atoms with E-state index in [2.05, 4.69) is 25.9 Å². The average molecular weight is 436 g/mol. The highest BCUT2D eigenvalue weighted by atomic mass is 19.4. The molecule has 2 heterocycles. The minimum Gasteiger partial charge on any atom is -0.369 e. The Morgan fingerprint density at radius 3 is 2.81 bits per heavy atom. The standard InChI is InChI=1S/C21H27F3N6O/c1-3-15-11-14(2)5-6-17(15)28-20-27-12-16(21(22,23)24)19(29-20)26-7-4-9-30-10-8-25-13-18(30)31/h5-6,11-12,25H,3-4,7-10,13H2,1-2H3,(H2,26,27,28,29). The molecule has 0 atom stereocenters. The number of aromatic nitrogens is 2. The number of nitrogens with zero attached hydrogens (tertiary/aromatic N) is 3. The van der Waals surface area contributed by atoms with E-state index in [1.54, 1.807) is 4.90 Å². The number of nitrogens with one attached hydrogen (secondary N) is 3. The predicted octanol–water partition coefficient (Wildman–Crippen LogP) is 3.34. The molecular formula is C21H27F3N6O. The van der Waals surface area contributed by atoms with Gasteiger partial charge in [-0.3, -0.25) is 4.79 Å². The summed E-state index contributed by atoms with van der Waals surface area (Å²) in [5.74, 6) is -0.186. The van der Waals surface area contributed by atoms with E-state index < -0.39 is 11.7 Å². The number of halogens is 3. The van der Waals surface area contributed by atoms with Crippen molar-refractivity contribution in [1.29, 1.82) is 0 Å². The summed E-state index contributed by atoms with van der Waals surface area (Å²) in [5, 5.41) is 8.79. The van der Waals surface area contributed by atoms with Crippen LogP contribution in [0, 0.1) is 6.92 Å². The second-order valence-electron chi connectivity index (χ2n) is 7.43. The van der Waals surface area contributed by atoms with E-state index in [0.717, 1.165) is 36.0 Å². The third kappa shape index (κ3) is 6.06. The Morgan fingerprint density at radius 1 is 1.29 bits per heavy atom. The van der Waals surface area contributed by atoms with Crippen molar-refractivity contribution in [2.24, 2.45) is 0 Å². The minimum absolute atomic E-state index is 0.000536. The first-order chi connectivity index (χ1) is 14.8. The molecule has 0 spiro atoms. The van der Waals surface area contributed by atoms with Gasteiger partial charge in [-0.25, -0.2) is 4.98 Å². The lowest BCUT2D eigenvalue weighted by Gasteiger charge is -2.27. The van der Waals surface area contributed by atoms with Gasteiger partial charge in [0.2, 0.25) is 11.9 Å². The number of alkyl halides is 3. The molecule has 1 aromatic heterocycles. The molecule has 1 aromatic carbocycles. The van der Waals surface area contributed by atoms with Gasteiger partial charge >= 0.3 is 6.18 Å². The molecule has 0 radical (unpaired) electrons. The third-order valence-corrected chi connectivity index (χ3v) is 5.07. The first kappa shape index (κ1) is 22.8. The van der Waals surface area contributed by atoms with Gasteiger partial charge in [-0.05, 0) is 31.4 Å². The summed E-state index contributed by atoms with van der Waals surface area (Å²) in [7, 11) is 0. The fraction of sp³-hybridized carbons (Fsp3) is 0.476. The van der Waals surface area contributed by atoms with E-state index >= 15 is 0 Å². The number of anilines is 3. The number of carbonyl (C=O) groups is 1. The van der Waals surface area contributed by atoms with Crippen LogP contribution in [-0.2, 0) is 17.4 Å². The zero-order valence-corrected chi connectivity index (χ0v) is 17.6. The van der Waals surface area contributed by atoms with Crippen LogP contribution in [0.2, 0.25) is 0 Å². The number of aryl methyl sites for hydroxylation is 2. The zero-order chi connectivity index (χ0) is 22.4. The van der Waals surface area contributed by atoms with E-state index in [9.17, 15) is 18.0 Å². The van der Waals surface area contributed by atoms with E-state index in [4.69, 9.17) is 0 Å². The molecule has 1 fully saturated rings. The highest BCUT2D eigenvalue weighted by molar-refractivity contribution is 5.78. The second kappa shape index (κ2) is 9.95. The Morgan fingerprint density at radius 2 is 2.10 bits per heavy atom. The molecule has 0 aliphatic carbocycles. The van der Waals surface area contributed by atoms with E-state index in [0.29, 0.717) is 26.1 Å². The smallest absolute Gasteiger partial charge is 0.369 e. The number of amides is 1. The molecule has 2 aromatic rings. The number of benzene rings is 1. The Bertz CT molecular complexity index is 918. The Kier molecular flexibility index (Phi) is 7.32. The van der Waals surface area contributed by atoms with Crippen LogP contribution >= 0.6 is 0 Å². The summed E-state index contributed by atoms with van der Waals surface area (Å²) in [6.45, 7) is 6.33. The van der Waals surface area contributed by atoms with Crippen molar-refractivity contribution in [2.45, 2.75) is 32.9 Å². The zero-order valence-electron chi connectivity index (χ0n) is 17.6. The number of carbonyl (C=O) groups excluding carboxylic acids is 1. The van der Waals surface area contributed by atoms with Crippen molar-refractivity contribution < 1.29 is 18.0 Å². The van der Waals surface area contributed by atoms with Crippen molar-refractivity contribution in [3.8, 4) is 0 Å². The van der Waals surface area contributed by atoms with Crippen LogP contribution in [0.15, 0.2) is 24.4 Å². The third-order valence-electron chi connectivity index (χ3n) is 5.07. The number of hydrogen-bond donors (Lipinski definition) is 3. The molecule has 1 saturated heterocycles. The maximum Gasteiger partial charge on any atom is 0.421 e. The maximum absolute atomic E-state index is 13.4. The summed E-state index contributed by atoms with van der Waals surface area (Å²) in [6.07, 6.45) is -2.51. The number of hydrogen-bond acceptors (Lipinski definition) is 6. The Labute approximate surface area is 179 Å². The van der Waals surface area contributed by atoms with Gasteiger partial charge in [0.25, 0.3) is 0 Å². The monoisotopic (exact) mass is 436 g/mol. The lowest BCUT2D eigenvalue weighted by atomic mass is 10.1. The SMILES string of the molecule is CCc1cc(C)ccc1Nc1ncc(C(F)(F)F)c(NCCCN2CCNCC2=O)n1. The molecule has 7 nitrogen and oxygen atoms in total. The molecule has 3 rings (SSSR count). The van der Waals surface area contributed by atoms with Gasteiger partial charge in [0, 0.05) is 38.1 Å². The summed E-state index contributed by atoms with van der Waals surface area (Å²) in [5.41, 5.74) is 1.96. The minimum atomic E-state index is -4.58. The van der Waals surface area contributed by atoms with Gasteiger partial charge in [0.1, 0.15) is 11.4 Å². The maximum atomic E-state index is 13.4. The second-order valence-corrected chi connectivity index (χ2v) is 7.43. The van der Waals surface area contributed by atoms with Gasteiger partial charge in [-0.2, -0.15) is 18.2 Å². The van der Waals surface area contributed by atoms with Crippen molar-refractivity contribution in [3.05, 3.63) is 41.1 Å². The van der Waals surface area contributed by atoms with Crippen LogP contribution < -0.4 is 16.0 Å². The molecule has 0 unspecified atom stereocenters. The van der Waals surface area contributed by atoms with Gasteiger partial charge < -0.3 is 20.9 Å². The first-order valence-electron chi connectivity index (χ1n) is 10.3. The van der Waals surface area contributed by atoms with Gasteiger partial charge in [0.05, 0.1) is 6.54 Å². The molecule has 10 heteroatoms. The average Bonchev–Trinajstić information content (AvgIpc) is 2.73. The van der Waals surface area contributed by atoms with Crippen LogP contribution in [0.3, 0.4) is 0 Å². The molecule has 0 saturated carbocycles. The normalized spacial score (nSPS) is 14.6. The van der Waals surface area contributed by atoms with Crippen molar-refractivity contribution >= 4 is 23.4 Å². The van der Waals surface area contributed by atoms with Crippen molar-refractivity contribution in [3.63, 3.8) is 0 Å². The summed E-state index contributed by atoms with van der Waals surface area (Å²) < 4.78 is 40.3.